The minimum absolute atomic E-state index is 0. The molecule has 1 amide bonds. The van der Waals surface area contributed by atoms with E-state index in [2.05, 4.69) is 28.1 Å². The number of halogens is 3. The van der Waals surface area contributed by atoms with Crippen molar-refractivity contribution in [1.29, 1.82) is 0 Å². The molecule has 0 spiro atoms. The molecule has 0 heterocycles. The van der Waals surface area contributed by atoms with Gasteiger partial charge in [-0.15, -0.1) is 24.8 Å². The highest BCUT2D eigenvalue weighted by molar-refractivity contribution is 6.33. The summed E-state index contributed by atoms with van der Waals surface area (Å²) in [5.74, 6) is -0.130. The molecular weight excluding hydrogens is 381 g/mol. The predicted molar refractivity (Wildman–Crippen MR) is 111 cm³/mol. The molecule has 0 aromatic heterocycles. The van der Waals surface area contributed by atoms with E-state index in [1.807, 2.05) is 44.3 Å². The second kappa shape index (κ2) is 12.0. The molecule has 2 rings (SSSR count). The highest BCUT2D eigenvalue weighted by Crippen LogP contribution is 2.26. The van der Waals surface area contributed by atoms with Crippen molar-refractivity contribution < 1.29 is 4.79 Å². The van der Waals surface area contributed by atoms with Crippen LogP contribution in [0.25, 0.3) is 0 Å². The van der Waals surface area contributed by atoms with Crippen LogP contribution in [0.15, 0.2) is 48.5 Å². The fourth-order valence-corrected chi connectivity index (χ4v) is 2.44. The van der Waals surface area contributed by atoms with Crippen LogP contribution in [-0.2, 0) is 11.3 Å². The molecule has 2 aromatic rings. The lowest BCUT2D eigenvalue weighted by Crippen LogP contribution is -2.28. The van der Waals surface area contributed by atoms with E-state index in [0.717, 1.165) is 5.69 Å². The lowest BCUT2D eigenvalue weighted by Gasteiger charge is -2.13. The van der Waals surface area contributed by atoms with Crippen LogP contribution < -0.4 is 16.0 Å². The Balaban J connectivity index is 0.00000288. The Labute approximate surface area is 166 Å². The van der Waals surface area contributed by atoms with Gasteiger partial charge in [0.1, 0.15) is 0 Å². The lowest BCUT2D eigenvalue weighted by molar-refractivity contribution is -0.119. The first-order valence-electron chi connectivity index (χ1n) is 7.63. The standard InChI is InChI=1S/C18H22ClN3O.2ClH/c1-13(11-20-2)18(23)22-15-8-9-17(16(19)10-15)21-12-14-6-4-3-5-7-14;;/h3-10,13,20-21H,11-12H2,1-2H3,(H,22,23);2*1H. The van der Waals surface area contributed by atoms with Gasteiger partial charge in [-0.05, 0) is 30.8 Å². The third-order valence-electron chi connectivity index (χ3n) is 3.52. The van der Waals surface area contributed by atoms with Crippen LogP contribution in [0.3, 0.4) is 0 Å². The quantitative estimate of drug-likeness (QED) is 0.632. The van der Waals surface area contributed by atoms with Gasteiger partial charge in [0.2, 0.25) is 5.91 Å². The summed E-state index contributed by atoms with van der Waals surface area (Å²) >= 11 is 6.29. The van der Waals surface area contributed by atoms with Crippen LogP contribution >= 0.6 is 36.4 Å². The van der Waals surface area contributed by atoms with E-state index in [4.69, 9.17) is 11.6 Å². The van der Waals surface area contributed by atoms with E-state index >= 15 is 0 Å². The number of amides is 1. The second-order valence-electron chi connectivity index (χ2n) is 5.48. The molecule has 7 heteroatoms. The van der Waals surface area contributed by atoms with E-state index in [-0.39, 0.29) is 36.6 Å². The summed E-state index contributed by atoms with van der Waals surface area (Å²) in [6, 6.07) is 15.6. The molecule has 0 saturated carbocycles. The average molecular weight is 405 g/mol. The Hall–Kier alpha value is -1.46. The maximum atomic E-state index is 12.0. The number of hydrogen-bond acceptors (Lipinski definition) is 3. The smallest absolute Gasteiger partial charge is 0.228 e. The zero-order valence-corrected chi connectivity index (χ0v) is 16.6. The molecule has 25 heavy (non-hydrogen) atoms. The zero-order chi connectivity index (χ0) is 16.7. The van der Waals surface area contributed by atoms with Gasteiger partial charge in [-0.25, -0.2) is 0 Å². The molecule has 0 aliphatic rings. The molecule has 1 atom stereocenters. The number of rotatable bonds is 7. The number of carbonyl (C=O) groups excluding carboxylic acids is 1. The molecular formula is C18H24Cl3N3O. The van der Waals surface area contributed by atoms with Crippen molar-refractivity contribution in [2.45, 2.75) is 13.5 Å². The Morgan fingerprint density at radius 1 is 1.12 bits per heavy atom. The number of nitrogens with one attached hydrogen (secondary N) is 3. The summed E-state index contributed by atoms with van der Waals surface area (Å²) in [5.41, 5.74) is 2.73. The number of anilines is 2. The molecule has 4 nitrogen and oxygen atoms in total. The van der Waals surface area contributed by atoms with Crippen LogP contribution in [-0.4, -0.2) is 19.5 Å². The van der Waals surface area contributed by atoms with Gasteiger partial charge in [0.05, 0.1) is 10.7 Å². The number of benzene rings is 2. The molecule has 138 valence electrons. The monoisotopic (exact) mass is 403 g/mol. The highest BCUT2D eigenvalue weighted by Gasteiger charge is 2.12. The highest BCUT2D eigenvalue weighted by atomic mass is 35.5. The van der Waals surface area contributed by atoms with Gasteiger partial charge in [0, 0.05) is 24.7 Å². The lowest BCUT2D eigenvalue weighted by atomic mass is 10.1. The van der Waals surface area contributed by atoms with Crippen molar-refractivity contribution in [2.24, 2.45) is 5.92 Å². The third-order valence-corrected chi connectivity index (χ3v) is 3.83. The molecule has 1 unspecified atom stereocenters. The topological polar surface area (TPSA) is 53.2 Å². The van der Waals surface area contributed by atoms with Crippen LogP contribution in [0.4, 0.5) is 11.4 Å². The molecule has 0 aliphatic carbocycles. The molecule has 0 radical (unpaired) electrons. The summed E-state index contributed by atoms with van der Waals surface area (Å²) < 4.78 is 0. The maximum absolute atomic E-state index is 12.0. The Morgan fingerprint density at radius 2 is 1.80 bits per heavy atom. The fraction of sp³-hybridized carbons (Fsp3) is 0.278. The van der Waals surface area contributed by atoms with Crippen LogP contribution in [0.5, 0.6) is 0 Å². The SMILES string of the molecule is CNCC(C)C(=O)Nc1ccc(NCc2ccccc2)c(Cl)c1.Cl.Cl. The van der Waals surface area contributed by atoms with E-state index in [0.29, 0.717) is 23.8 Å². The third kappa shape index (κ3) is 7.53. The second-order valence-corrected chi connectivity index (χ2v) is 5.89. The minimum Gasteiger partial charge on any atom is -0.380 e. The van der Waals surface area contributed by atoms with E-state index < -0.39 is 0 Å². The van der Waals surface area contributed by atoms with Gasteiger partial charge in [-0.2, -0.15) is 0 Å². The van der Waals surface area contributed by atoms with Crippen molar-refractivity contribution in [3.05, 3.63) is 59.1 Å². The van der Waals surface area contributed by atoms with E-state index in [9.17, 15) is 4.79 Å². The van der Waals surface area contributed by atoms with Crippen LogP contribution in [0.1, 0.15) is 12.5 Å². The predicted octanol–water partition coefficient (Wildman–Crippen LogP) is 4.59. The van der Waals surface area contributed by atoms with E-state index in [1.54, 1.807) is 6.07 Å². The van der Waals surface area contributed by atoms with Crippen LogP contribution in [0.2, 0.25) is 5.02 Å². The van der Waals surface area contributed by atoms with Crippen molar-refractivity contribution in [3.63, 3.8) is 0 Å². The van der Waals surface area contributed by atoms with Gasteiger partial charge in [0.25, 0.3) is 0 Å². The molecule has 0 aliphatic heterocycles. The Kier molecular flexibility index (Phi) is 11.3. The minimum atomic E-state index is -0.102. The van der Waals surface area contributed by atoms with Crippen molar-refractivity contribution in [1.82, 2.24) is 5.32 Å². The normalized spacial score (nSPS) is 10.8. The largest absolute Gasteiger partial charge is 0.380 e. The van der Waals surface area contributed by atoms with Gasteiger partial charge < -0.3 is 16.0 Å². The average Bonchev–Trinajstić information content (AvgIpc) is 2.55. The van der Waals surface area contributed by atoms with Gasteiger partial charge >= 0.3 is 0 Å². The van der Waals surface area contributed by atoms with Crippen molar-refractivity contribution >= 4 is 53.7 Å². The maximum Gasteiger partial charge on any atom is 0.228 e. The summed E-state index contributed by atoms with van der Waals surface area (Å²) in [6.45, 7) is 3.21. The van der Waals surface area contributed by atoms with Crippen LogP contribution in [0, 0.1) is 5.92 Å². The molecule has 0 fully saturated rings. The van der Waals surface area contributed by atoms with Gasteiger partial charge in [-0.3, -0.25) is 4.79 Å². The summed E-state index contributed by atoms with van der Waals surface area (Å²) in [4.78, 5) is 12.0. The first kappa shape index (κ1) is 23.5. The van der Waals surface area contributed by atoms with Crippen molar-refractivity contribution in [3.8, 4) is 0 Å². The molecule has 0 saturated heterocycles. The first-order chi connectivity index (χ1) is 11.1. The first-order valence-corrected chi connectivity index (χ1v) is 8.00. The van der Waals surface area contributed by atoms with E-state index in [1.165, 1.54) is 5.56 Å². The Bertz CT molecular complexity index is 653. The number of carbonyl (C=O) groups is 1. The molecule has 2 aromatic carbocycles. The van der Waals surface area contributed by atoms with Gasteiger partial charge in [-0.1, -0.05) is 48.9 Å². The number of hydrogen-bond donors (Lipinski definition) is 3. The molecule has 3 N–H and O–H groups in total. The molecule has 0 bridgehead atoms. The van der Waals surface area contributed by atoms with Crippen molar-refractivity contribution in [2.75, 3.05) is 24.2 Å². The summed E-state index contributed by atoms with van der Waals surface area (Å²) in [7, 11) is 1.83. The van der Waals surface area contributed by atoms with Gasteiger partial charge in [0.15, 0.2) is 0 Å². The zero-order valence-electron chi connectivity index (χ0n) is 14.2. The summed E-state index contributed by atoms with van der Waals surface area (Å²) in [5, 5.41) is 9.75. The fourth-order valence-electron chi connectivity index (χ4n) is 2.19. The Morgan fingerprint density at radius 3 is 2.40 bits per heavy atom. The summed E-state index contributed by atoms with van der Waals surface area (Å²) in [6.07, 6.45) is 0.